The van der Waals surface area contributed by atoms with E-state index < -0.39 is 5.54 Å². The fourth-order valence-corrected chi connectivity index (χ4v) is 2.12. The number of hydrogen-bond donors (Lipinski definition) is 2. The van der Waals surface area contributed by atoms with Crippen molar-refractivity contribution in [1.82, 2.24) is 5.32 Å². The van der Waals surface area contributed by atoms with Crippen LogP contribution in [0.25, 0.3) is 11.1 Å². The first-order valence-electron chi connectivity index (χ1n) is 7.78. The van der Waals surface area contributed by atoms with Crippen LogP contribution in [-0.4, -0.2) is 24.6 Å². The van der Waals surface area contributed by atoms with Gasteiger partial charge in [-0.05, 0) is 25.5 Å². The van der Waals surface area contributed by atoms with Crippen LogP contribution >= 0.6 is 0 Å². The van der Waals surface area contributed by atoms with Gasteiger partial charge in [-0.3, -0.25) is 4.79 Å². The number of nitrogens with two attached hydrogens (primary N) is 1. The molecule has 1 amide bonds. The molecule has 2 aromatic rings. The number of rotatable bonds is 7. The second-order valence-corrected chi connectivity index (χ2v) is 6.23. The Kier molecular flexibility index (Phi) is 5.77. The average Bonchev–Trinajstić information content (AvgIpc) is 2.54. The van der Waals surface area contributed by atoms with E-state index in [1.165, 1.54) is 0 Å². The Morgan fingerprint density at radius 3 is 2.43 bits per heavy atom. The van der Waals surface area contributed by atoms with E-state index in [1.807, 2.05) is 68.4 Å². The average molecular weight is 312 g/mol. The molecule has 0 fully saturated rings. The van der Waals surface area contributed by atoms with Gasteiger partial charge < -0.3 is 15.8 Å². The third-order valence-corrected chi connectivity index (χ3v) is 3.30. The van der Waals surface area contributed by atoms with Gasteiger partial charge in [-0.2, -0.15) is 0 Å². The van der Waals surface area contributed by atoms with Gasteiger partial charge >= 0.3 is 0 Å². The fourth-order valence-electron chi connectivity index (χ4n) is 2.12. The van der Waals surface area contributed by atoms with Crippen LogP contribution in [0.15, 0.2) is 54.6 Å². The third-order valence-electron chi connectivity index (χ3n) is 3.30. The maximum Gasteiger partial charge on any atom is 0.223 e. The van der Waals surface area contributed by atoms with Crippen LogP contribution in [0.5, 0.6) is 5.75 Å². The van der Waals surface area contributed by atoms with Crippen molar-refractivity contribution in [2.45, 2.75) is 25.8 Å². The number of nitrogens with one attached hydrogen (secondary N) is 1. The summed E-state index contributed by atoms with van der Waals surface area (Å²) in [6, 6.07) is 17.9. The predicted octanol–water partition coefficient (Wildman–Crippen LogP) is 2.98. The molecule has 0 spiro atoms. The molecule has 0 saturated carbocycles. The summed E-state index contributed by atoms with van der Waals surface area (Å²) in [4.78, 5) is 11.8. The highest BCUT2D eigenvalue weighted by molar-refractivity contribution is 5.76. The molecule has 3 N–H and O–H groups in total. The number of carbonyl (C=O) groups excluding carboxylic acids is 1. The standard InChI is InChI=1S/C19H24N2O2/c1-19(2,20)14-21-18(22)12-13-23-17-11-7-6-10-16(17)15-8-4-3-5-9-15/h3-11H,12-14,20H2,1-2H3,(H,21,22). The molecule has 0 heterocycles. The Labute approximate surface area is 137 Å². The number of benzene rings is 2. The molecule has 0 radical (unpaired) electrons. The van der Waals surface area contributed by atoms with Gasteiger partial charge in [0, 0.05) is 17.6 Å². The molecule has 0 bridgehead atoms. The number of amides is 1. The minimum absolute atomic E-state index is 0.0549. The largest absolute Gasteiger partial charge is 0.492 e. The number of ether oxygens (including phenoxy) is 1. The molecule has 0 aliphatic rings. The molecule has 0 atom stereocenters. The van der Waals surface area contributed by atoms with Crippen molar-refractivity contribution < 1.29 is 9.53 Å². The zero-order chi connectivity index (χ0) is 16.7. The van der Waals surface area contributed by atoms with E-state index >= 15 is 0 Å². The molecule has 0 unspecified atom stereocenters. The van der Waals surface area contributed by atoms with Crippen molar-refractivity contribution in [3.8, 4) is 16.9 Å². The van der Waals surface area contributed by atoms with Crippen LogP contribution < -0.4 is 15.8 Å². The van der Waals surface area contributed by atoms with Crippen LogP contribution in [0, 0.1) is 0 Å². The highest BCUT2D eigenvalue weighted by Crippen LogP contribution is 2.29. The SMILES string of the molecule is CC(C)(N)CNC(=O)CCOc1ccccc1-c1ccccc1. The van der Waals surface area contributed by atoms with Crippen LogP contribution in [0.4, 0.5) is 0 Å². The van der Waals surface area contributed by atoms with Gasteiger partial charge in [0.15, 0.2) is 0 Å². The summed E-state index contributed by atoms with van der Waals surface area (Å²) in [6.07, 6.45) is 0.305. The van der Waals surface area contributed by atoms with Crippen LogP contribution in [0.3, 0.4) is 0 Å². The second-order valence-electron chi connectivity index (χ2n) is 6.23. The first-order chi connectivity index (χ1) is 11.0. The Hall–Kier alpha value is -2.33. The predicted molar refractivity (Wildman–Crippen MR) is 93.3 cm³/mol. The Bertz CT molecular complexity index is 633. The Morgan fingerprint density at radius 1 is 1.09 bits per heavy atom. The molecule has 2 rings (SSSR count). The normalized spacial score (nSPS) is 11.1. The lowest BCUT2D eigenvalue weighted by atomic mass is 10.1. The molecule has 122 valence electrons. The van der Waals surface area contributed by atoms with E-state index in [9.17, 15) is 4.79 Å². The minimum Gasteiger partial charge on any atom is -0.492 e. The first-order valence-corrected chi connectivity index (χ1v) is 7.78. The van der Waals surface area contributed by atoms with Gasteiger partial charge in [0.05, 0.1) is 13.0 Å². The third kappa shape index (κ3) is 5.75. The number of hydrogen-bond acceptors (Lipinski definition) is 3. The van der Waals surface area contributed by atoms with Gasteiger partial charge in [-0.25, -0.2) is 0 Å². The van der Waals surface area contributed by atoms with E-state index in [0.29, 0.717) is 19.6 Å². The van der Waals surface area contributed by atoms with Crippen molar-refractivity contribution in [2.75, 3.05) is 13.2 Å². The van der Waals surface area contributed by atoms with Crippen molar-refractivity contribution in [3.63, 3.8) is 0 Å². The van der Waals surface area contributed by atoms with E-state index in [2.05, 4.69) is 5.32 Å². The summed E-state index contributed by atoms with van der Waals surface area (Å²) in [5.41, 5.74) is 7.55. The molecule has 0 aromatic heterocycles. The van der Waals surface area contributed by atoms with Crippen LogP contribution in [0.1, 0.15) is 20.3 Å². The van der Waals surface area contributed by atoms with Gasteiger partial charge in [-0.15, -0.1) is 0 Å². The smallest absolute Gasteiger partial charge is 0.223 e. The quantitative estimate of drug-likeness (QED) is 0.826. The van der Waals surface area contributed by atoms with Crippen LogP contribution in [-0.2, 0) is 4.79 Å². The monoisotopic (exact) mass is 312 g/mol. The summed E-state index contributed by atoms with van der Waals surface area (Å²) in [5, 5.41) is 2.81. The zero-order valence-corrected chi connectivity index (χ0v) is 13.7. The van der Waals surface area contributed by atoms with Gasteiger partial charge in [-0.1, -0.05) is 48.5 Å². The first kappa shape index (κ1) is 17.0. The molecule has 2 aromatic carbocycles. The van der Waals surface area contributed by atoms with E-state index in [0.717, 1.165) is 16.9 Å². The molecule has 0 aliphatic carbocycles. The highest BCUT2D eigenvalue weighted by atomic mass is 16.5. The lowest BCUT2D eigenvalue weighted by Crippen LogP contribution is -2.45. The minimum atomic E-state index is -0.406. The maximum absolute atomic E-state index is 11.8. The second kappa shape index (κ2) is 7.79. The summed E-state index contributed by atoms with van der Waals surface area (Å²) in [6.45, 7) is 4.53. The molecule has 0 aliphatic heterocycles. The fraction of sp³-hybridized carbons (Fsp3) is 0.316. The Balaban J connectivity index is 1.91. The number of para-hydroxylation sites is 1. The van der Waals surface area contributed by atoms with Crippen LogP contribution in [0.2, 0.25) is 0 Å². The van der Waals surface area contributed by atoms with Gasteiger partial charge in [0.25, 0.3) is 0 Å². The molecular formula is C19H24N2O2. The molecular weight excluding hydrogens is 288 g/mol. The van der Waals surface area contributed by atoms with Crippen molar-refractivity contribution in [2.24, 2.45) is 5.73 Å². The van der Waals surface area contributed by atoms with E-state index in [1.54, 1.807) is 0 Å². The lowest BCUT2D eigenvalue weighted by molar-refractivity contribution is -0.121. The molecule has 0 saturated heterocycles. The molecule has 23 heavy (non-hydrogen) atoms. The van der Waals surface area contributed by atoms with Crippen molar-refractivity contribution in [1.29, 1.82) is 0 Å². The summed E-state index contributed by atoms with van der Waals surface area (Å²) < 4.78 is 5.80. The Morgan fingerprint density at radius 2 is 1.74 bits per heavy atom. The zero-order valence-electron chi connectivity index (χ0n) is 13.7. The highest BCUT2D eigenvalue weighted by Gasteiger charge is 2.12. The van der Waals surface area contributed by atoms with Gasteiger partial charge in [0.2, 0.25) is 5.91 Å². The maximum atomic E-state index is 11.8. The molecule has 4 heteroatoms. The summed E-state index contributed by atoms with van der Waals surface area (Å²) in [7, 11) is 0. The topological polar surface area (TPSA) is 64.3 Å². The van der Waals surface area contributed by atoms with Gasteiger partial charge in [0.1, 0.15) is 5.75 Å². The summed E-state index contributed by atoms with van der Waals surface area (Å²) in [5.74, 6) is 0.728. The summed E-state index contributed by atoms with van der Waals surface area (Å²) >= 11 is 0. The van der Waals surface area contributed by atoms with Crippen molar-refractivity contribution in [3.05, 3.63) is 54.6 Å². The number of carbonyl (C=O) groups is 1. The van der Waals surface area contributed by atoms with E-state index in [-0.39, 0.29) is 5.91 Å². The lowest BCUT2D eigenvalue weighted by Gasteiger charge is -2.19. The van der Waals surface area contributed by atoms with E-state index in [4.69, 9.17) is 10.5 Å². The van der Waals surface area contributed by atoms with Crippen molar-refractivity contribution >= 4 is 5.91 Å². The molecule has 4 nitrogen and oxygen atoms in total.